The fraction of sp³-hybridized carbons (Fsp3) is 0.714. The number of nitrogens with zero attached hydrogens (tertiary/aromatic N) is 1. The second-order valence-electron chi connectivity index (χ2n) is 8.73. The van der Waals surface area contributed by atoms with Gasteiger partial charge in [0.2, 0.25) is 0 Å². The predicted molar refractivity (Wildman–Crippen MR) is 102 cm³/mol. The van der Waals surface area contributed by atoms with E-state index in [4.69, 9.17) is 4.74 Å². The number of hydrogen-bond donors (Lipinski definition) is 1. The molecule has 1 aliphatic heterocycles. The lowest BCUT2D eigenvalue weighted by molar-refractivity contribution is -0.0148. The molecule has 3 fully saturated rings. The third kappa shape index (κ3) is 2.39. The average molecular weight is 406 g/mol. The maximum atomic E-state index is 11.1. The molecule has 2 bridgehead atoms. The number of ether oxygens (including phenoxy) is 1. The Bertz CT molecular complexity index is 702. The standard InChI is InChI=1S/C21H28BrNO2/c1-25-18-11-16(22)14-10-17-15-4-2-3-7-21(15,19(14)20(18)24)8-9-23(17)12-13-5-6-13/h11,13,15,17,24H,2-10,12H2,1H3. The van der Waals surface area contributed by atoms with Gasteiger partial charge in [0, 0.05) is 28.0 Å². The van der Waals surface area contributed by atoms with Gasteiger partial charge in [0.1, 0.15) is 0 Å². The van der Waals surface area contributed by atoms with Gasteiger partial charge >= 0.3 is 0 Å². The van der Waals surface area contributed by atoms with Crippen LogP contribution < -0.4 is 4.74 Å². The van der Waals surface area contributed by atoms with Gasteiger partial charge in [-0.3, -0.25) is 4.90 Å². The van der Waals surface area contributed by atoms with E-state index >= 15 is 0 Å². The first-order valence-corrected chi connectivity index (χ1v) is 10.8. The third-order valence-electron chi connectivity index (χ3n) is 7.52. The van der Waals surface area contributed by atoms with E-state index in [2.05, 4.69) is 20.8 Å². The quantitative estimate of drug-likeness (QED) is 0.795. The molecule has 3 atom stereocenters. The molecule has 25 heavy (non-hydrogen) atoms. The van der Waals surface area contributed by atoms with E-state index in [1.807, 2.05) is 6.07 Å². The molecule has 3 aliphatic carbocycles. The van der Waals surface area contributed by atoms with Crippen LogP contribution in [0.25, 0.3) is 0 Å². The van der Waals surface area contributed by atoms with Crippen molar-refractivity contribution in [2.24, 2.45) is 11.8 Å². The Hall–Kier alpha value is -0.740. The number of rotatable bonds is 3. The summed E-state index contributed by atoms with van der Waals surface area (Å²) in [6, 6.07) is 2.63. The lowest BCUT2D eigenvalue weighted by Gasteiger charge is -2.59. The minimum atomic E-state index is 0.164. The molecule has 0 amide bonds. The highest BCUT2D eigenvalue weighted by Crippen LogP contribution is 2.60. The Labute approximate surface area is 158 Å². The van der Waals surface area contributed by atoms with Crippen LogP contribution in [0.2, 0.25) is 0 Å². The maximum Gasteiger partial charge on any atom is 0.161 e. The number of phenols is 1. The van der Waals surface area contributed by atoms with Crippen LogP contribution in [0.3, 0.4) is 0 Å². The van der Waals surface area contributed by atoms with E-state index in [-0.39, 0.29) is 5.41 Å². The van der Waals surface area contributed by atoms with Crippen LogP contribution in [0, 0.1) is 11.8 Å². The number of likely N-dealkylation sites (tertiary alicyclic amines) is 1. The Kier molecular flexibility index (Phi) is 3.87. The van der Waals surface area contributed by atoms with Crippen LogP contribution in [-0.4, -0.2) is 36.2 Å². The van der Waals surface area contributed by atoms with Crippen LogP contribution in [0.4, 0.5) is 0 Å². The summed E-state index contributed by atoms with van der Waals surface area (Å²) in [6.45, 7) is 2.50. The van der Waals surface area contributed by atoms with E-state index in [0.717, 1.165) is 16.8 Å². The Morgan fingerprint density at radius 3 is 2.88 bits per heavy atom. The van der Waals surface area contributed by atoms with Gasteiger partial charge in [0.25, 0.3) is 0 Å². The van der Waals surface area contributed by atoms with Crippen LogP contribution in [0.1, 0.15) is 56.1 Å². The van der Waals surface area contributed by atoms with Gasteiger partial charge in [-0.05, 0) is 68.5 Å². The molecule has 5 rings (SSSR count). The molecular formula is C21H28BrNO2. The third-order valence-corrected chi connectivity index (χ3v) is 8.22. The van der Waals surface area contributed by atoms with Gasteiger partial charge in [-0.15, -0.1) is 0 Å². The lowest BCUT2D eigenvalue weighted by Crippen LogP contribution is -2.61. The zero-order chi connectivity index (χ0) is 17.2. The fourth-order valence-corrected chi connectivity index (χ4v) is 6.79. The summed E-state index contributed by atoms with van der Waals surface area (Å²) in [7, 11) is 1.66. The van der Waals surface area contributed by atoms with Crippen molar-refractivity contribution in [3.63, 3.8) is 0 Å². The molecule has 3 unspecified atom stereocenters. The topological polar surface area (TPSA) is 32.7 Å². The SMILES string of the molecule is COc1cc(Br)c2c(c1O)C13CCCCC1C(C2)N(CC1CC1)CC3. The molecule has 1 aromatic rings. The van der Waals surface area contributed by atoms with Crippen LogP contribution >= 0.6 is 15.9 Å². The molecule has 136 valence electrons. The predicted octanol–water partition coefficient (Wildman–Crippen LogP) is 4.63. The Morgan fingerprint density at radius 1 is 1.28 bits per heavy atom. The number of piperidine rings is 1. The largest absolute Gasteiger partial charge is 0.504 e. The molecular weight excluding hydrogens is 378 g/mol. The number of methoxy groups -OCH3 is 1. The summed E-state index contributed by atoms with van der Waals surface area (Å²) < 4.78 is 6.62. The van der Waals surface area contributed by atoms with Crippen molar-refractivity contribution in [2.75, 3.05) is 20.2 Å². The van der Waals surface area contributed by atoms with E-state index in [1.54, 1.807) is 7.11 Å². The zero-order valence-corrected chi connectivity index (χ0v) is 16.6. The second kappa shape index (κ2) is 5.88. The van der Waals surface area contributed by atoms with Gasteiger partial charge in [-0.1, -0.05) is 28.8 Å². The van der Waals surface area contributed by atoms with Crippen molar-refractivity contribution < 1.29 is 9.84 Å². The Morgan fingerprint density at radius 2 is 2.12 bits per heavy atom. The highest BCUT2D eigenvalue weighted by molar-refractivity contribution is 9.10. The number of benzene rings is 1. The first-order valence-electron chi connectivity index (χ1n) is 9.97. The van der Waals surface area contributed by atoms with E-state index in [0.29, 0.717) is 23.5 Å². The monoisotopic (exact) mass is 405 g/mol. The molecule has 0 radical (unpaired) electrons. The molecule has 0 aromatic heterocycles. The zero-order valence-electron chi connectivity index (χ0n) is 15.1. The van der Waals surface area contributed by atoms with Crippen LogP contribution in [0.15, 0.2) is 10.5 Å². The highest BCUT2D eigenvalue weighted by Gasteiger charge is 2.56. The van der Waals surface area contributed by atoms with Gasteiger partial charge in [0.15, 0.2) is 11.5 Å². The normalized spacial score (nSPS) is 34.3. The van der Waals surface area contributed by atoms with Gasteiger partial charge in [-0.2, -0.15) is 0 Å². The number of aromatic hydroxyl groups is 1. The number of halogens is 1. The van der Waals surface area contributed by atoms with Crippen LogP contribution in [-0.2, 0) is 11.8 Å². The van der Waals surface area contributed by atoms with Crippen molar-refractivity contribution in [2.45, 2.75) is 62.8 Å². The van der Waals surface area contributed by atoms with E-state index in [1.165, 1.54) is 69.2 Å². The first kappa shape index (κ1) is 16.4. The highest BCUT2D eigenvalue weighted by atomic mass is 79.9. The molecule has 4 aliphatic rings. The fourth-order valence-electron chi connectivity index (χ4n) is 6.22. The molecule has 1 N–H and O–H groups in total. The Balaban J connectivity index is 1.65. The molecule has 1 saturated heterocycles. The molecule has 1 heterocycles. The van der Waals surface area contributed by atoms with Crippen LogP contribution in [0.5, 0.6) is 11.5 Å². The first-order chi connectivity index (χ1) is 12.1. The van der Waals surface area contributed by atoms with Gasteiger partial charge in [0.05, 0.1) is 7.11 Å². The van der Waals surface area contributed by atoms with Crippen molar-refractivity contribution in [3.8, 4) is 11.5 Å². The smallest absolute Gasteiger partial charge is 0.161 e. The summed E-state index contributed by atoms with van der Waals surface area (Å²) in [6.07, 6.45) is 10.3. The van der Waals surface area contributed by atoms with Crippen molar-refractivity contribution in [1.82, 2.24) is 4.90 Å². The average Bonchev–Trinajstić information content (AvgIpc) is 3.43. The number of fused-ring (bicyclic) bond motifs is 1. The molecule has 0 spiro atoms. The molecule has 2 saturated carbocycles. The minimum Gasteiger partial charge on any atom is -0.504 e. The second-order valence-corrected chi connectivity index (χ2v) is 9.59. The summed E-state index contributed by atoms with van der Waals surface area (Å²) in [5.74, 6) is 2.70. The summed E-state index contributed by atoms with van der Waals surface area (Å²) >= 11 is 3.80. The van der Waals surface area contributed by atoms with Gasteiger partial charge in [-0.25, -0.2) is 0 Å². The van der Waals surface area contributed by atoms with Crippen molar-refractivity contribution in [1.29, 1.82) is 0 Å². The summed E-state index contributed by atoms with van der Waals surface area (Å²) in [5.41, 5.74) is 2.74. The molecule has 4 heteroatoms. The molecule has 3 nitrogen and oxygen atoms in total. The number of phenolic OH excluding ortho intramolecular Hbond substituents is 1. The number of hydrogen-bond acceptors (Lipinski definition) is 3. The summed E-state index contributed by atoms with van der Waals surface area (Å²) in [4.78, 5) is 2.81. The van der Waals surface area contributed by atoms with E-state index < -0.39 is 0 Å². The maximum absolute atomic E-state index is 11.1. The molecule has 1 aromatic carbocycles. The lowest BCUT2D eigenvalue weighted by atomic mass is 9.52. The van der Waals surface area contributed by atoms with Crippen molar-refractivity contribution >= 4 is 15.9 Å². The summed E-state index contributed by atoms with van der Waals surface area (Å²) in [5, 5.41) is 11.1. The van der Waals surface area contributed by atoms with Gasteiger partial charge < -0.3 is 9.84 Å². The minimum absolute atomic E-state index is 0.164. The van der Waals surface area contributed by atoms with E-state index in [9.17, 15) is 5.11 Å². The van der Waals surface area contributed by atoms with Crippen molar-refractivity contribution in [3.05, 3.63) is 21.7 Å².